The molecule has 0 radical (unpaired) electrons. The fraction of sp³-hybridized carbons (Fsp3) is 0. The summed E-state index contributed by atoms with van der Waals surface area (Å²) in [6, 6.07) is 34.8. The Balaban J connectivity index is 1.04. The van der Waals surface area contributed by atoms with Gasteiger partial charge in [0.2, 0.25) is 0 Å². The molecule has 252 valence electrons. The van der Waals surface area contributed by atoms with E-state index in [0.717, 1.165) is 38.6 Å². The lowest BCUT2D eigenvalue weighted by molar-refractivity contribution is 0.669. The first-order valence-corrected chi connectivity index (χ1v) is 17.3. The molecule has 0 N–H and O–H groups in total. The number of rotatable bonds is 5. The molecule has 8 aromatic carbocycles. The van der Waals surface area contributed by atoms with Crippen molar-refractivity contribution in [1.29, 1.82) is 0 Å². The first-order chi connectivity index (χ1) is 30.5. The second-order valence-electron chi connectivity index (χ2n) is 12.9. The van der Waals surface area contributed by atoms with Crippen molar-refractivity contribution in [2.45, 2.75) is 0 Å². The summed E-state index contributed by atoms with van der Waals surface area (Å²) in [5.41, 5.74) is 5.89. The molecule has 0 aliphatic heterocycles. The number of furan rings is 2. The van der Waals surface area contributed by atoms with Gasteiger partial charge in [-0.15, -0.1) is 0 Å². The fourth-order valence-electron chi connectivity index (χ4n) is 7.01. The van der Waals surface area contributed by atoms with Gasteiger partial charge in [0, 0.05) is 43.6 Å². The van der Waals surface area contributed by atoms with Crippen molar-refractivity contribution < 1.29 is 21.2 Å². The van der Waals surface area contributed by atoms with Gasteiger partial charge in [-0.3, -0.25) is 0 Å². The molecule has 0 bridgehead atoms. The largest absolute Gasteiger partial charge is 0.456 e. The molecule has 11 aromatic rings. The van der Waals surface area contributed by atoms with Crippen LogP contribution < -0.4 is 0 Å². The van der Waals surface area contributed by atoms with Crippen LogP contribution in [0.2, 0.25) is 0 Å². The lowest BCUT2D eigenvalue weighted by atomic mass is 9.99. The maximum Gasteiger partial charge on any atom is 0.164 e. The molecule has 0 atom stereocenters. The molecule has 3 aromatic heterocycles. The van der Waals surface area contributed by atoms with Crippen LogP contribution in [-0.4, -0.2) is 15.0 Å². The number of hydrogen-bond donors (Lipinski definition) is 0. The Morgan fingerprint density at radius 3 is 1.89 bits per heavy atom. The molecule has 5 heteroatoms. The molecule has 0 spiro atoms. The zero-order chi connectivity index (χ0) is 43.4. The van der Waals surface area contributed by atoms with Gasteiger partial charge in [0.05, 0.1) is 12.3 Å². The zero-order valence-electron chi connectivity index (χ0n) is 37.2. The normalized spacial score (nSPS) is 14.0. The Morgan fingerprint density at radius 2 is 1.09 bits per heavy atom. The molecule has 0 unspecified atom stereocenters. The van der Waals surface area contributed by atoms with E-state index in [0.29, 0.717) is 34.2 Å². The average molecular weight is 701 g/mol. The molecule has 0 fully saturated rings. The minimum atomic E-state index is -0.552. The lowest BCUT2D eigenvalue weighted by Crippen LogP contribution is -2.00. The van der Waals surface area contributed by atoms with Gasteiger partial charge in [-0.2, -0.15) is 0 Å². The predicted molar refractivity (Wildman–Crippen MR) is 219 cm³/mol. The molecule has 0 amide bonds. The summed E-state index contributed by atoms with van der Waals surface area (Å²) in [6.07, 6.45) is 0. The van der Waals surface area contributed by atoms with Crippen LogP contribution in [0.1, 0.15) is 12.3 Å². The molecule has 11 rings (SSSR count). The highest BCUT2D eigenvalue weighted by atomic mass is 16.3. The minimum Gasteiger partial charge on any atom is -0.456 e. The molecule has 3 heterocycles. The second kappa shape index (κ2) is 12.1. The van der Waals surface area contributed by atoms with Crippen LogP contribution in [0.5, 0.6) is 0 Å². The summed E-state index contributed by atoms with van der Waals surface area (Å²) in [4.78, 5) is 14.7. The van der Waals surface area contributed by atoms with Crippen molar-refractivity contribution in [3.8, 4) is 56.4 Å². The van der Waals surface area contributed by atoms with Gasteiger partial charge in [0.25, 0.3) is 0 Å². The number of aromatic nitrogens is 3. The Bertz CT molecular complexity index is 3720. The Labute approximate surface area is 322 Å². The summed E-state index contributed by atoms with van der Waals surface area (Å²) in [7, 11) is 0. The van der Waals surface area contributed by atoms with Gasteiger partial charge in [-0.05, 0) is 64.0 Å². The quantitative estimate of drug-likeness (QED) is 0.179. The van der Waals surface area contributed by atoms with E-state index in [4.69, 9.17) is 34.8 Å². The highest BCUT2D eigenvalue weighted by Gasteiger charge is 2.17. The summed E-state index contributed by atoms with van der Waals surface area (Å²) >= 11 is 0. The van der Waals surface area contributed by atoms with Gasteiger partial charge < -0.3 is 8.83 Å². The van der Waals surface area contributed by atoms with Crippen LogP contribution in [0.15, 0.2) is 185 Å². The van der Waals surface area contributed by atoms with Crippen LogP contribution >= 0.6 is 0 Å². The maximum atomic E-state index is 9.37. The van der Waals surface area contributed by atoms with E-state index < -0.39 is 36.3 Å². The average Bonchev–Trinajstić information content (AvgIpc) is 3.91. The SMILES string of the molecule is [2H]c1c(-c2ccc(-c3nc(-c4ccccc4)nc(-c4ccc5c(c4)oc4cccc(-c6ccccc6)c45)n3)cc2)c([2H])c2c(oc3c4c([2H])c([2H])c([2H])c([2H])c4c([2H])c([2H])c32)c1[2H]. The van der Waals surface area contributed by atoms with Gasteiger partial charge in [0.1, 0.15) is 22.3 Å². The van der Waals surface area contributed by atoms with Crippen molar-refractivity contribution in [2.24, 2.45) is 0 Å². The zero-order valence-corrected chi connectivity index (χ0v) is 28.2. The van der Waals surface area contributed by atoms with E-state index >= 15 is 0 Å². The lowest BCUT2D eigenvalue weighted by Gasteiger charge is -2.09. The Morgan fingerprint density at radius 1 is 0.407 bits per heavy atom. The molecular weight excluding hydrogens is 663 g/mol. The highest BCUT2D eigenvalue weighted by Crippen LogP contribution is 2.39. The molecule has 0 aliphatic rings. The van der Waals surface area contributed by atoms with E-state index in [9.17, 15) is 1.37 Å². The van der Waals surface area contributed by atoms with Gasteiger partial charge in [-0.1, -0.05) is 139 Å². The van der Waals surface area contributed by atoms with Crippen molar-refractivity contribution >= 4 is 54.6 Å². The van der Waals surface area contributed by atoms with Crippen molar-refractivity contribution in [2.75, 3.05) is 0 Å². The summed E-state index contributed by atoms with van der Waals surface area (Å²) in [5, 5.41) is 1.63. The number of hydrogen-bond acceptors (Lipinski definition) is 5. The Kier molecular flexibility index (Phi) is 5.06. The summed E-state index contributed by atoms with van der Waals surface area (Å²) in [6.45, 7) is 0. The van der Waals surface area contributed by atoms with Crippen molar-refractivity contribution in [3.63, 3.8) is 0 Å². The number of fused-ring (bicyclic) bond motifs is 8. The highest BCUT2D eigenvalue weighted by molar-refractivity contribution is 6.16. The van der Waals surface area contributed by atoms with Gasteiger partial charge in [0.15, 0.2) is 17.5 Å². The van der Waals surface area contributed by atoms with Crippen LogP contribution in [0.3, 0.4) is 0 Å². The van der Waals surface area contributed by atoms with Crippen LogP contribution in [0, 0.1) is 0 Å². The van der Waals surface area contributed by atoms with Gasteiger partial charge >= 0.3 is 0 Å². The van der Waals surface area contributed by atoms with Crippen LogP contribution in [0.4, 0.5) is 0 Å². The monoisotopic (exact) mass is 700 g/mol. The second-order valence-corrected chi connectivity index (χ2v) is 12.9. The van der Waals surface area contributed by atoms with Crippen LogP contribution in [-0.2, 0) is 0 Å². The molecule has 0 saturated heterocycles. The number of benzene rings is 8. The first kappa shape index (κ1) is 22.5. The fourth-order valence-corrected chi connectivity index (χ4v) is 7.01. The predicted octanol–water partition coefficient (Wildman–Crippen LogP) is 13.2. The summed E-state index contributed by atoms with van der Waals surface area (Å²) < 4.78 is 91.0. The maximum absolute atomic E-state index is 9.37. The summed E-state index contributed by atoms with van der Waals surface area (Å²) in [5.74, 6) is 1.24. The third kappa shape index (κ3) is 4.98. The standard InChI is InChI=1S/C49H29N3O2/c1-3-10-31(11-4-1)37-16-9-17-43-45(37)40-26-23-36(29-44(40)53-43)49-51-47(33-13-5-2-6-14-33)50-48(52-49)34-20-18-30(19-21-34)35-24-27-42-41(28-35)39-25-22-32-12-7-8-15-38(32)46(39)54-42/h1-29H/i7D,8D,12D,15D,22D,24D,25D,27D,28D. The first-order valence-electron chi connectivity index (χ1n) is 21.8. The topological polar surface area (TPSA) is 65.0 Å². The van der Waals surface area contributed by atoms with E-state index in [-0.39, 0.29) is 56.4 Å². The van der Waals surface area contributed by atoms with E-state index in [1.807, 2.05) is 78.9 Å². The smallest absolute Gasteiger partial charge is 0.164 e. The van der Waals surface area contributed by atoms with E-state index in [1.54, 1.807) is 24.3 Å². The third-order valence-corrected chi connectivity index (χ3v) is 9.63. The number of nitrogens with zero attached hydrogens (tertiary/aromatic N) is 3. The third-order valence-electron chi connectivity index (χ3n) is 9.63. The molecule has 5 nitrogen and oxygen atoms in total. The molecule has 0 saturated carbocycles. The van der Waals surface area contributed by atoms with Crippen molar-refractivity contribution in [3.05, 3.63) is 176 Å². The molecule has 54 heavy (non-hydrogen) atoms. The van der Waals surface area contributed by atoms with E-state index in [2.05, 4.69) is 18.2 Å². The Hall–Kier alpha value is -7.37. The van der Waals surface area contributed by atoms with Crippen molar-refractivity contribution in [1.82, 2.24) is 15.0 Å². The minimum absolute atomic E-state index is 0.00483. The van der Waals surface area contributed by atoms with Crippen LogP contribution in [0.25, 0.3) is 111 Å². The van der Waals surface area contributed by atoms with E-state index in [1.165, 1.54) is 0 Å². The molecular formula is C49H29N3O2. The molecule has 0 aliphatic carbocycles. The van der Waals surface area contributed by atoms with Gasteiger partial charge in [-0.25, -0.2) is 15.0 Å².